The minimum atomic E-state index is -0.381. The second kappa shape index (κ2) is 45.4. The van der Waals surface area contributed by atoms with E-state index in [1.165, 1.54) is 23.8 Å². The Morgan fingerprint density at radius 2 is 0.597 bits per heavy atom. The lowest BCUT2D eigenvalue weighted by Crippen LogP contribution is -2.49. The number of benzene rings is 8. The molecule has 8 aromatic heterocycles. The lowest BCUT2D eigenvalue weighted by Gasteiger charge is -2.36. The van der Waals surface area contributed by atoms with E-state index in [2.05, 4.69) is 188 Å². The average molecular weight is 1940 g/mol. The summed E-state index contributed by atoms with van der Waals surface area (Å²) < 4.78 is 19.0. The molecule has 144 heavy (non-hydrogen) atoms. The lowest BCUT2D eigenvalue weighted by molar-refractivity contribution is -0.385. The zero-order valence-electron chi connectivity index (χ0n) is 82.4. The van der Waals surface area contributed by atoms with Crippen LogP contribution in [0, 0.1) is 41.7 Å². The molecule has 4 fully saturated rings. The number of pyridine rings is 4. The summed E-state index contributed by atoms with van der Waals surface area (Å²) in [6.07, 6.45) is 9.56. The maximum absolute atomic E-state index is 12.7. The average Bonchev–Trinajstić information content (AvgIpc) is 1.65. The lowest BCUT2D eigenvalue weighted by atomic mass is 9.91. The van der Waals surface area contributed by atoms with Crippen molar-refractivity contribution in [1.82, 2.24) is 76.7 Å². The number of amides is 4. The Bertz CT molecular complexity index is 7270. The molecule has 738 valence electrons. The summed E-state index contributed by atoms with van der Waals surface area (Å²) in [5.74, 6) is 1.72. The maximum atomic E-state index is 12.7. The number of nitrogens with zero attached hydrogens (tertiary/aromatic N) is 19. The zero-order valence-corrected chi connectivity index (χ0v) is 82.4. The van der Waals surface area contributed by atoms with Gasteiger partial charge in [0.15, 0.2) is 0 Å². The van der Waals surface area contributed by atoms with E-state index >= 15 is 0 Å². The molecular weight excluding hydrogens is 1820 g/mol. The van der Waals surface area contributed by atoms with Crippen molar-refractivity contribution in [2.75, 3.05) is 126 Å². The molecule has 12 heterocycles. The molecule has 31 nitrogen and oxygen atoms in total. The van der Waals surface area contributed by atoms with Crippen LogP contribution < -0.4 is 4.74 Å². The van der Waals surface area contributed by atoms with Gasteiger partial charge in [-0.05, 0) is 117 Å². The van der Waals surface area contributed by atoms with Gasteiger partial charge in [0.1, 0.15) is 34.9 Å². The third-order valence-corrected chi connectivity index (χ3v) is 26.7. The van der Waals surface area contributed by atoms with Gasteiger partial charge < -0.3 is 46.7 Å². The van der Waals surface area contributed by atoms with Crippen LogP contribution in [0.2, 0.25) is 0 Å². The van der Waals surface area contributed by atoms with Crippen LogP contribution in [0.15, 0.2) is 292 Å². The van der Waals surface area contributed by atoms with E-state index in [4.69, 9.17) is 29.4 Å². The molecule has 4 aliphatic heterocycles. The highest BCUT2D eigenvalue weighted by atomic mass is 16.6. The molecule has 20 rings (SSSR count). The molecule has 0 bridgehead atoms. The number of imidazole rings is 4. The fourth-order valence-corrected chi connectivity index (χ4v) is 19.0. The Morgan fingerprint density at radius 3 is 0.868 bits per heavy atom. The van der Waals surface area contributed by atoms with Crippen LogP contribution in [-0.4, -0.2) is 241 Å². The van der Waals surface area contributed by atoms with Gasteiger partial charge in [-0.2, -0.15) is 0 Å². The summed E-state index contributed by atoms with van der Waals surface area (Å²) in [5.41, 5.74) is 22.7. The van der Waals surface area contributed by atoms with Gasteiger partial charge in [-0.25, -0.2) is 19.9 Å². The van der Waals surface area contributed by atoms with Crippen LogP contribution in [0.1, 0.15) is 77.2 Å². The van der Waals surface area contributed by atoms with E-state index in [-0.39, 0.29) is 67.5 Å². The number of hydrogen-bond donors (Lipinski definition) is 0. The number of nitro benzene ring substituents is 3. The summed E-state index contributed by atoms with van der Waals surface area (Å²) in [6.45, 7) is 26.5. The second-order valence-electron chi connectivity index (χ2n) is 38.4. The van der Waals surface area contributed by atoms with Gasteiger partial charge in [0.05, 0.1) is 67.4 Å². The minimum Gasteiger partial charge on any atom is -0.497 e. The van der Waals surface area contributed by atoms with Crippen molar-refractivity contribution in [2.45, 2.75) is 80.6 Å². The normalized spacial score (nSPS) is 14.5. The van der Waals surface area contributed by atoms with Crippen LogP contribution in [0.25, 0.3) is 112 Å². The first kappa shape index (κ1) is 99.8. The van der Waals surface area contributed by atoms with Crippen molar-refractivity contribution in [2.24, 2.45) is 11.3 Å². The quantitative estimate of drug-likeness (QED) is 0.0379. The first-order valence-electron chi connectivity index (χ1n) is 48.8. The van der Waals surface area contributed by atoms with Crippen LogP contribution in [0.5, 0.6) is 5.75 Å². The van der Waals surface area contributed by atoms with E-state index in [1.807, 2.05) is 141 Å². The van der Waals surface area contributed by atoms with Crippen LogP contribution in [0.3, 0.4) is 0 Å². The SMILES string of the molecule is CC(=O)N1CCN(Cc2c(-c3cccc([N+](=O)[O-])c3)nc3ccc(-c4ccccc4)cn23)CC1.CC(C)(C)CC(=O)N1CCN(Cc2c(-c3cccc([N+](=O)[O-])c3)nc3ccc(-c4ccccc4)cn23)CC1.CC(C)CC(=O)N1CCN(Cc2c(-c3cccc([N+](=O)[O-])c3)nc3ccc(-c4ccccc4)cn23)CC1.COCC(=O)N1CCN(Cc2c(-c3cccc(OC)c3)nc3ccc(-c4ccccc4)cn23)CC1. The van der Waals surface area contributed by atoms with Gasteiger partial charge in [-0.1, -0.05) is 204 Å². The number of carbonyl (C=O) groups is 4. The topological polar surface area (TPSA) is 311 Å². The Morgan fingerprint density at radius 1 is 0.326 bits per heavy atom. The Hall–Kier alpha value is -15.8. The number of piperazine rings is 4. The molecule has 0 N–H and O–H groups in total. The molecule has 4 aliphatic rings. The van der Waals surface area contributed by atoms with E-state index in [1.54, 1.807) is 57.5 Å². The van der Waals surface area contributed by atoms with Crippen molar-refractivity contribution in [3.63, 3.8) is 0 Å². The van der Waals surface area contributed by atoms with Crippen molar-refractivity contribution in [3.8, 4) is 95.3 Å². The first-order chi connectivity index (χ1) is 69.7. The van der Waals surface area contributed by atoms with Gasteiger partial charge >= 0.3 is 0 Å². The molecule has 16 aromatic rings. The summed E-state index contributed by atoms with van der Waals surface area (Å²) >= 11 is 0. The zero-order chi connectivity index (χ0) is 101. The van der Waals surface area contributed by atoms with Gasteiger partial charge in [0.2, 0.25) is 23.6 Å². The molecular formula is C113H119N19O12. The van der Waals surface area contributed by atoms with Crippen molar-refractivity contribution in [1.29, 1.82) is 0 Å². The number of rotatable bonds is 25. The second-order valence-corrected chi connectivity index (χ2v) is 38.4. The van der Waals surface area contributed by atoms with Gasteiger partial charge in [0.25, 0.3) is 17.1 Å². The maximum Gasteiger partial charge on any atom is 0.270 e. The molecule has 0 saturated carbocycles. The highest BCUT2D eigenvalue weighted by molar-refractivity contribution is 5.81. The number of carbonyl (C=O) groups excluding carboxylic acids is 4. The molecule has 31 heteroatoms. The molecule has 0 unspecified atom stereocenters. The number of aromatic nitrogens is 8. The Balaban J connectivity index is 0.000000132. The third kappa shape index (κ3) is 24.2. The molecule has 4 saturated heterocycles. The summed E-state index contributed by atoms with van der Waals surface area (Å²) in [5, 5.41) is 34.3. The molecule has 0 radical (unpaired) electrons. The number of methoxy groups -OCH3 is 2. The standard InChI is InChI=1S/C30H33N5O3.C29H31N5O3.C28H30N4O3.C26H25N5O3/c1-30(2,3)19-28(36)33-16-14-32(15-17-33)21-26-29(23-10-7-11-25(18-23)35(37)38)31-27-13-12-24(20-34(26)27)22-8-5-4-6-9-22;1-21(2)17-28(35)32-15-13-31(14-16-32)20-26-29(23-9-6-10-25(18-23)34(36)37)30-27-12-11-24(19-33(26)27)22-7-4-3-5-8-22;1-34-20-27(33)31-15-13-30(14-16-31)19-25-28(22-9-6-10-24(17-22)35-2)29-26-12-11-23(18-32(25)26)21-7-4-3-5-8-21;1-19(32)29-14-12-28(13-15-29)18-24-26(21-8-5-9-23(16-21)31(33)34)27-25-11-10-22(17-30(24)25)20-6-3-2-4-7-20/h4-13,18,20H,14-17,19,21H2,1-3H3;3-12,18-19,21H,13-17,20H2,1-2H3;3-12,17-18H,13-16,19-20H2,1-2H3;2-11,16-17H,12-15,18H2,1H3. The smallest absolute Gasteiger partial charge is 0.270 e. The van der Waals surface area contributed by atoms with Gasteiger partial charge in [0, 0.05) is 241 Å². The van der Waals surface area contributed by atoms with E-state index in [9.17, 15) is 49.5 Å². The summed E-state index contributed by atoms with van der Waals surface area (Å²) in [6, 6.07) is 85.3. The first-order valence-corrected chi connectivity index (χ1v) is 48.8. The summed E-state index contributed by atoms with van der Waals surface area (Å²) in [7, 11) is 3.24. The van der Waals surface area contributed by atoms with Crippen LogP contribution >= 0.6 is 0 Å². The predicted octanol–water partition coefficient (Wildman–Crippen LogP) is 19.1. The number of nitro groups is 3. The van der Waals surface area contributed by atoms with Crippen molar-refractivity contribution < 1.29 is 43.4 Å². The van der Waals surface area contributed by atoms with Gasteiger partial charge in [-0.15, -0.1) is 0 Å². The largest absolute Gasteiger partial charge is 0.497 e. The Kier molecular flexibility index (Phi) is 31.5. The highest BCUT2D eigenvalue weighted by Gasteiger charge is 2.32. The number of non-ortho nitro benzene ring substituents is 3. The molecule has 8 aromatic carbocycles. The van der Waals surface area contributed by atoms with Crippen LogP contribution in [0.4, 0.5) is 17.1 Å². The van der Waals surface area contributed by atoms with Crippen LogP contribution in [-0.2, 0) is 50.1 Å². The third-order valence-electron chi connectivity index (χ3n) is 26.7. The molecule has 0 spiro atoms. The predicted molar refractivity (Wildman–Crippen MR) is 559 cm³/mol. The fraction of sp³-hybridized carbons (Fsp3) is 0.292. The molecule has 0 atom stereocenters. The van der Waals surface area contributed by atoms with Gasteiger partial charge in [-0.3, -0.25) is 69.1 Å². The number of fused-ring (bicyclic) bond motifs is 4. The van der Waals surface area contributed by atoms with E-state index < -0.39 is 0 Å². The van der Waals surface area contributed by atoms with Crippen molar-refractivity contribution in [3.05, 3.63) is 345 Å². The van der Waals surface area contributed by atoms with E-state index in [0.29, 0.717) is 90.8 Å². The number of ether oxygens (including phenoxy) is 2. The summed E-state index contributed by atoms with van der Waals surface area (Å²) in [4.78, 5) is 119. The van der Waals surface area contributed by atoms with Crippen molar-refractivity contribution >= 4 is 63.3 Å². The molecule has 4 amide bonds. The highest BCUT2D eigenvalue weighted by Crippen LogP contribution is 2.38. The number of hydrogen-bond acceptors (Lipinski definition) is 20. The fourth-order valence-electron chi connectivity index (χ4n) is 19.0. The molecule has 0 aliphatic carbocycles. The monoisotopic (exact) mass is 1930 g/mol. The minimum absolute atomic E-state index is 0.0333. The van der Waals surface area contributed by atoms with E-state index in [0.717, 1.165) is 194 Å². The Labute approximate surface area is 836 Å².